The van der Waals surface area contributed by atoms with E-state index in [-0.39, 0.29) is 5.88 Å². The molecular formula is C19H16ClNO4. The van der Waals surface area contributed by atoms with Crippen LogP contribution in [-0.2, 0) is 4.79 Å². The Labute approximate surface area is 151 Å². The van der Waals surface area contributed by atoms with Gasteiger partial charge in [-0.1, -0.05) is 12.1 Å². The molecule has 0 spiro atoms. The highest BCUT2D eigenvalue weighted by Crippen LogP contribution is 2.31. The first-order chi connectivity index (χ1) is 12.1. The van der Waals surface area contributed by atoms with Gasteiger partial charge in [0.1, 0.15) is 11.6 Å². The standard InChI is InChI=1S/C19H16ClNO4/c1-23-17-8-5-14(10-18(17)24-2)15(12-21)9-13-3-6-16(7-4-13)25-19(22)11-20/h3-10H,11H2,1-2H3/b15-9-. The summed E-state index contributed by atoms with van der Waals surface area (Å²) in [4.78, 5) is 11.2. The summed E-state index contributed by atoms with van der Waals surface area (Å²) in [6.07, 6.45) is 1.73. The van der Waals surface area contributed by atoms with Crippen LogP contribution in [0.1, 0.15) is 11.1 Å². The van der Waals surface area contributed by atoms with Crippen LogP contribution in [0.25, 0.3) is 11.6 Å². The van der Waals surface area contributed by atoms with Gasteiger partial charge >= 0.3 is 5.97 Å². The van der Waals surface area contributed by atoms with E-state index in [0.29, 0.717) is 28.4 Å². The summed E-state index contributed by atoms with van der Waals surface area (Å²) < 4.78 is 15.5. The number of halogens is 1. The number of ether oxygens (including phenoxy) is 3. The smallest absolute Gasteiger partial charge is 0.326 e. The van der Waals surface area contributed by atoms with E-state index >= 15 is 0 Å². The highest BCUT2D eigenvalue weighted by molar-refractivity contribution is 6.26. The second kappa shape index (κ2) is 8.76. The molecule has 5 nitrogen and oxygen atoms in total. The number of hydrogen-bond donors (Lipinski definition) is 0. The van der Waals surface area contributed by atoms with E-state index in [2.05, 4.69) is 6.07 Å². The first kappa shape index (κ1) is 18.4. The minimum atomic E-state index is -0.520. The molecule has 0 saturated carbocycles. The molecule has 0 aliphatic heterocycles. The summed E-state index contributed by atoms with van der Waals surface area (Å²) in [5, 5.41) is 9.46. The van der Waals surface area contributed by atoms with E-state index in [9.17, 15) is 10.1 Å². The quantitative estimate of drug-likeness (QED) is 0.258. The molecule has 0 fully saturated rings. The molecule has 0 unspecified atom stereocenters. The number of carbonyl (C=O) groups is 1. The molecule has 2 aromatic rings. The maximum Gasteiger partial charge on any atom is 0.326 e. The normalized spacial score (nSPS) is 10.7. The molecule has 0 aliphatic rings. The van der Waals surface area contributed by atoms with E-state index in [0.717, 1.165) is 5.56 Å². The van der Waals surface area contributed by atoms with Crippen LogP contribution in [0.4, 0.5) is 0 Å². The third-order valence-electron chi connectivity index (χ3n) is 3.35. The molecule has 0 heterocycles. The number of hydrogen-bond acceptors (Lipinski definition) is 5. The maximum absolute atomic E-state index is 11.2. The lowest BCUT2D eigenvalue weighted by Crippen LogP contribution is -2.08. The predicted molar refractivity (Wildman–Crippen MR) is 95.8 cm³/mol. The van der Waals surface area contributed by atoms with Crippen LogP contribution in [-0.4, -0.2) is 26.1 Å². The average Bonchev–Trinajstić information content (AvgIpc) is 2.66. The molecule has 0 N–H and O–H groups in total. The summed E-state index contributed by atoms with van der Waals surface area (Å²) in [6.45, 7) is 0. The van der Waals surface area contributed by atoms with E-state index in [1.807, 2.05) is 0 Å². The van der Waals surface area contributed by atoms with E-state index in [1.165, 1.54) is 7.11 Å². The molecule has 2 rings (SSSR count). The molecule has 2 aromatic carbocycles. The summed E-state index contributed by atoms with van der Waals surface area (Å²) in [5.74, 6) is 0.804. The van der Waals surface area contributed by atoms with Crippen LogP contribution >= 0.6 is 11.6 Å². The fourth-order valence-corrected chi connectivity index (χ4v) is 2.20. The minimum absolute atomic E-state index is 0.209. The van der Waals surface area contributed by atoms with Crippen molar-refractivity contribution < 1.29 is 19.0 Å². The zero-order valence-electron chi connectivity index (χ0n) is 13.8. The predicted octanol–water partition coefficient (Wildman–Crippen LogP) is 3.91. The van der Waals surface area contributed by atoms with Crippen molar-refractivity contribution in [1.82, 2.24) is 0 Å². The lowest BCUT2D eigenvalue weighted by Gasteiger charge is -2.09. The van der Waals surface area contributed by atoms with Gasteiger partial charge < -0.3 is 14.2 Å². The van der Waals surface area contributed by atoms with Crippen molar-refractivity contribution in [2.75, 3.05) is 20.1 Å². The Morgan fingerprint density at radius 3 is 2.36 bits per heavy atom. The topological polar surface area (TPSA) is 68.5 Å². The molecular weight excluding hydrogens is 342 g/mol. The van der Waals surface area contributed by atoms with Gasteiger partial charge in [-0.15, -0.1) is 11.6 Å². The molecule has 25 heavy (non-hydrogen) atoms. The number of nitriles is 1. The highest BCUT2D eigenvalue weighted by Gasteiger charge is 2.08. The number of rotatable bonds is 6. The number of carbonyl (C=O) groups excluding carboxylic acids is 1. The number of alkyl halides is 1. The van der Waals surface area contributed by atoms with Crippen molar-refractivity contribution in [3.63, 3.8) is 0 Å². The molecule has 128 valence electrons. The molecule has 0 radical (unpaired) electrons. The summed E-state index contributed by atoms with van der Waals surface area (Å²) >= 11 is 5.40. The third-order valence-corrected chi connectivity index (χ3v) is 3.57. The van der Waals surface area contributed by atoms with Crippen molar-refractivity contribution in [3.8, 4) is 23.3 Å². The third kappa shape index (κ3) is 4.75. The summed E-state index contributed by atoms with van der Waals surface area (Å²) in [7, 11) is 3.09. The molecule has 0 aromatic heterocycles. The van der Waals surface area contributed by atoms with Crippen LogP contribution in [0.15, 0.2) is 42.5 Å². The number of allylic oxidation sites excluding steroid dienone is 1. The largest absolute Gasteiger partial charge is 0.493 e. The summed E-state index contributed by atoms with van der Waals surface area (Å²) in [5.41, 5.74) is 1.96. The molecule has 0 atom stereocenters. The maximum atomic E-state index is 11.2. The van der Waals surface area contributed by atoms with Gasteiger partial charge in [0, 0.05) is 0 Å². The van der Waals surface area contributed by atoms with Gasteiger partial charge in [0.15, 0.2) is 11.5 Å². The molecule has 0 aliphatic carbocycles. The Bertz CT molecular complexity index is 822. The van der Waals surface area contributed by atoms with Crippen molar-refractivity contribution in [1.29, 1.82) is 5.26 Å². The second-order valence-corrected chi connectivity index (χ2v) is 5.18. The molecule has 6 heteroatoms. The van der Waals surface area contributed by atoms with Crippen molar-refractivity contribution in [3.05, 3.63) is 53.6 Å². The summed E-state index contributed by atoms with van der Waals surface area (Å²) in [6, 6.07) is 14.2. The van der Waals surface area contributed by atoms with Gasteiger partial charge in [0.05, 0.1) is 25.9 Å². The lowest BCUT2D eigenvalue weighted by atomic mass is 10.0. The monoisotopic (exact) mass is 357 g/mol. The van der Waals surface area contributed by atoms with Crippen LogP contribution in [0.3, 0.4) is 0 Å². The Hall–Kier alpha value is -2.97. The second-order valence-electron chi connectivity index (χ2n) is 4.92. The Morgan fingerprint density at radius 2 is 1.80 bits per heavy atom. The van der Waals surface area contributed by atoms with Crippen LogP contribution in [0.5, 0.6) is 17.2 Å². The number of nitrogens with zero attached hydrogens (tertiary/aromatic N) is 1. The number of esters is 1. The number of methoxy groups -OCH3 is 2. The highest BCUT2D eigenvalue weighted by atomic mass is 35.5. The van der Waals surface area contributed by atoms with Gasteiger partial charge in [-0.3, -0.25) is 4.79 Å². The Morgan fingerprint density at radius 1 is 1.12 bits per heavy atom. The van der Waals surface area contributed by atoms with Crippen LogP contribution in [0.2, 0.25) is 0 Å². The van der Waals surface area contributed by atoms with E-state index in [4.69, 9.17) is 25.8 Å². The van der Waals surface area contributed by atoms with Gasteiger partial charge in [-0.2, -0.15) is 5.26 Å². The fourth-order valence-electron chi connectivity index (χ4n) is 2.14. The van der Waals surface area contributed by atoms with Crippen molar-refractivity contribution in [2.45, 2.75) is 0 Å². The van der Waals surface area contributed by atoms with Gasteiger partial charge in [-0.05, 0) is 47.5 Å². The molecule has 0 bridgehead atoms. The zero-order valence-corrected chi connectivity index (χ0v) is 14.5. The lowest BCUT2D eigenvalue weighted by molar-refractivity contribution is -0.131. The van der Waals surface area contributed by atoms with Gasteiger partial charge in [-0.25, -0.2) is 0 Å². The van der Waals surface area contributed by atoms with Gasteiger partial charge in [0.25, 0.3) is 0 Å². The Balaban J connectivity index is 2.28. The van der Waals surface area contributed by atoms with Crippen LogP contribution in [0, 0.1) is 11.3 Å². The minimum Gasteiger partial charge on any atom is -0.493 e. The zero-order chi connectivity index (χ0) is 18.2. The molecule has 0 amide bonds. The fraction of sp³-hybridized carbons (Fsp3) is 0.158. The van der Waals surface area contributed by atoms with E-state index < -0.39 is 5.97 Å². The first-order valence-corrected chi connectivity index (χ1v) is 7.85. The molecule has 0 saturated heterocycles. The van der Waals surface area contributed by atoms with Crippen molar-refractivity contribution >= 4 is 29.2 Å². The SMILES string of the molecule is COc1ccc(/C(C#N)=C\c2ccc(OC(=O)CCl)cc2)cc1OC. The Kier molecular flexibility index (Phi) is 6.44. The van der Waals surface area contributed by atoms with E-state index in [1.54, 1.807) is 55.7 Å². The van der Waals surface area contributed by atoms with Crippen LogP contribution < -0.4 is 14.2 Å². The van der Waals surface area contributed by atoms with Crippen molar-refractivity contribution in [2.24, 2.45) is 0 Å². The number of benzene rings is 2. The average molecular weight is 358 g/mol. The van der Waals surface area contributed by atoms with Gasteiger partial charge in [0.2, 0.25) is 0 Å². The first-order valence-electron chi connectivity index (χ1n) is 7.32.